The Morgan fingerprint density at radius 2 is 2.35 bits per heavy atom. The summed E-state index contributed by atoms with van der Waals surface area (Å²) >= 11 is 0. The molecular weight excluding hydrogens is 296 g/mol. The average molecular weight is 316 g/mol. The van der Waals surface area contributed by atoms with Gasteiger partial charge in [-0.1, -0.05) is 0 Å². The SMILES string of the molecule is O=C(NCCCn1cccn1)[C@@H]1CC(=O)N(Cc2ccco2)C1. The maximum Gasteiger partial charge on any atom is 0.225 e. The number of aryl methyl sites for hydroxylation is 1. The lowest BCUT2D eigenvalue weighted by atomic mass is 10.1. The molecule has 1 aliphatic rings. The number of amides is 2. The van der Waals surface area contributed by atoms with E-state index in [0.717, 1.165) is 18.7 Å². The summed E-state index contributed by atoms with van der Waals surface area (Å²) in [6.45, 7) is 2.22. The molecular formula is C16H20N4O3. The van der Waals surface area contributed by atoms with Crippen molar-refractivity contribution in [3.05, 3.63) is 42.6 Å². The number of likely N-dealkylation sites (tertiary alicyclic amines) is 1. The summed E-state index contributed by atoms with van der Waals surface area (Å²) in [6.07, 6.45) is 6.29. The zero-order valence-corrected chi connectivity index (χ0v) is 12.9. The largest absolute Gasteiger partial charge is 0.467 e. The Hall–Kier alpha value is -2.57. The molecule has 1 aliphatic heterocycles. The number of hydrogen-bond donors (Lipinski definition) is 1. The van der Waals surface area contributed by atoms with E-state index in [9.17, 15) is 9.59 Å². The van der Waals surface area contributed by atoms with Gasteiger partial charge in [-0.3, -0.25) is 14.3 Å². The molecule has 0 unspecified atom stereocenters. The van der Waals surface area contributed by atoms with Gasteiger partial charge in [-0.25, -0.2) is 0 Å². The molecule has 1 fully saturated rings. The predicted octanol–water partition coefficient (Wildman–Crippen LogP) is 1.03. The van der Waals surface area contributed by atoms with E-state index in [1.54, 1.807) is 23.4 Å². The highest BCUT2D eigenvalue weighted by Gasteiger charge is 2.34. The van der Waals surface area contributed by atoms with E-state index in [2.05, 4.69) is 10.4 Å². The first-order valence-corrected chi connectivity index (χ1v) is 7.77. The fraction of sp³-hybridized carbons (Fsp3) is 0.438. The van der Waals surface area contributed by atoms with Gasteiger partial charge in [0.25, 0.3) is 0 Å². The molecule has 7 heteroatoms. The molecule has 1 atom stereocenters. The maximum atomic E-state index is 12.2. The van der Waals surface area contributed by atoms with Crippen LogP contribution >= 0.6 is 0 Å². The van der Waals surface area contributed by atoms with Crippen LogP contribution in [-0.2, 0) is 22.7 Å². The number of nitrogens with zero attached hydrogens (tertiary/aromatic N) is 3. The van der Waals surface area contributed by atoms with Crippen molar-refractivity contribution in [3.63, 3.8) is 0 Å². The van der Waals surface area contributed by atoms with Gasteiger partial charge in [0.15, 0.2) is 0 Å². The second-order valence-electron chi connectivity index (χ2n) is 5.67. The Morgan fingerprint density at radius 1 is 1.43 bits per heavy atom. The van der Waals surface area contributed by atoms with Crippen LogP contribution in [0.4, 0.5) is 0 Å². The summed E-state index contributed by atoms with van der Waals surface area (Å²) in [6, 6.07) is 5.49. The number of carbonyl (C=O) groups is 2. The Balaban J connectivity index is 1.40. The minimum atomic E-state index is -0.276. The molecule has 1 N–H and O–H groups in total. The molecule has 0 spiro atoms. The quantitative estimate of drug-likeness (QED) is 0.774. The van der Waals surface area contributed by atoms with Gasteiger partial charge in [0, 0.05) is 38.4 Å². The molecule has 2 aromatic heterocycles. The van der Waals surface area contributed by atoms with Crippen LogP contribution in [0, 0.1) is 5.92 Å². The first-order valence-electron chi connectivity index (χ1n) is 7.77. The van der Waals surface area contributed by atoms with Gasteiger partial charge >= 0.3 is 0 Å². The molecule has 3 heterocycles. The molecule has 1 saturated heterocycles. The van der Waals surface area contributed by atoms with Gasteiger partial charge in [-0.15, -0.1) is 0 Å². The number of aromatic nitrogens is 2. The second-order valence-corrected chi connectivity index (χ2v) is 5.67. The Labute approximate surface area is 134 Å². The first-order chi connectivity index (χ1) is 11.2. The van der Waals surface area contributed by atoms with Crippen LogP contribution in [0.3, 0.4) is 0 Å². The van der Waals surface area contributed by atoms with Gasteiger partial charge in [-0.05, 0) is 24.6 Å². The van der Waals surface area contributed by atoms with Crippen molar-refractivity contribution in [2.45, 2.75) is 25.9 Å². The summed E-state index contributed by atoms with van der Waals surface area (Å²) in [7, 11) is 0. The van der Waals surface area contributed by atoms with Crippen LogP contribution in [0.1, 0.15) is 18.6 Å². The highest BCUT2D eigenvalue weighted by atomic mass is 16.3. The van der Waals surface area contributed by atoms with Crippen molar-refractivity contribution < 1.29 is 14.0 Å². The van der Waals surface area contributed by atoms with Crippen LogP contribution < -0.4 is 5.32 Å². The standard InChI is InChI=1S/C16H20N4O3/c21-15-10-13(11-19(15)12-14-4-1-9-23-14)16(22)17-5-2-7-20-8-3-6-18-20/h1,3-4,6,8-9,13H,2,5,7,10-12H2,(H,17,22)/t13-/m1/s1. The molecule has 0 aromatic carbocycles. The summed E-state index contributed by atoms with van der Waals surface area (Å²) in [4.78, 5) is 25.8. The van der Waals surface area contributed by atoms with Gasteiger partial charge in [0.1, 0.15) is 5.76 Å². The summed E-state index contributed by atoms with van der Waals surface area (Å²) < 4.78 is 7.08. The minimum absolute atomic E-state index is 0.00177. The van der Waals surface area contributed by atoms with E-state index in [-0.39, 0.29) is 24.2 Å². The highest BCUT2D eigenvalue weighted by Crippen LogP contribution is 2.20. The summed E-state index contributed by atoms with van der Waals surface area (Å²) in [5.41, 5.74) is 0. The zero-order chi connectivity index (χ0) is 16.1. The second kappa shape index (κ2) is 7.13. The number of carbonyl (C=O) groups excluding carboxylic acids is 2. The zero-order valence-electron chi connectivity index (χ0n) is 12.9. The lowest BCUT2D eigenvalue weighted by Gasteiger charge is -2.15. The Morgan fingerprint density at radius 3 is 3.09 bits per heavy atom. The number of hydrogen-bond acceptors (Lipinski definition) is 4. The fourth-order valence-corrected chi connectivity index (χ4v) is 2.72. The van der Waals surface area contributed by atoms with Crippen molar-refractivity contribution in [1.29, 1.82) is 0 Å². The van der Waals surface area contributed by atoms with E-state index < -0.39 is 0 Å². The third-order valence-electron chi connectivity index (χ3n) is 3.93. The minimum Gasteiger partial charge on any atom is -0.467 e. The van der Waals surface area contributed by atoms with Crippen molar-refractivity contribution >= 4 is 11.8 Å². The molecule has 0 bridgehead atoms. The monoisotopic (exact) mass is 316 g/mol. The maximum absolute atomic E-state index is 12.2. The van der Waals surface area contributed by atoms with Crippen LogP contribution in [0.15, 0.2) is 41.3 Å². The summed E-state index contributed by atoms with van der Waals surface area (Å²) in [5, 5.41) is 7.01. The molecule has 0 saturated carbocycles. The smallest absolute Gasteiger partial charge is 0.225 e. The van der Waals surface area contributed by atoms with Gasteiger partial charge in [0.05, 0.1) is 18.7 Å². The van der Waals surface area contributed by atoms with E-state index in [1.165, 1.54) is 0 Å². The lowest BCUT2D eigenvalue weighted by molar-refractivity contribution is -0.129. The van der Waals surface area contributed by atoms with Crippen LogP contribution in [0.25, 0.3) is 0 Å². The van der Waals surface area contributed by atoms with Crippen molar-refractivity contribution in [2.75, 3.05) is 13.1 Å². The fourth-order valence-electron chi connectivity index (χ4n) is 2.72. The Kier molecular flexibility index (Phi) is 4.75. The highest BCUT2D eigenvalue weighted by molar-refractivity contribution is 5.89. The molecule has 2 amide bonds. The number of nitrogens with one attached hydrogen (secondary N) is 1. The first kappa shape index (κ1) is 15.3. The van der Waals surface area contributed by atoms with Crippen molar-refractivity contribution in [1.82, 2.24) is 20.0 Å². The van der Waals surface area contributed by atoms with Gasteiger partial charge < -0.3 is 14.6 Å². The third-order valence-corrected chi connectivity index (χ3v) is 3.93. The molecule has 122 valence electrons. The topological polar surface area (TPSA) is 80.4 Å². The Bertz CT molecular complexity index is 636. The predicted molar refractivity (Wildman–Crippen MR) is 82.1 cm³/mol. The van der Waals surface area contributed by atoms with E-state index in [0.29, 0.717) is 19.6 Å². The van der Waals surface area contributed by atoms with E-state index >= 15 is 0 Å². The van der Waals surface area contributed by atoms with Gasteiger partial charge in [0.2, 0.25) is 11.8 Å². The van der Waals surface area contributed by atoms with Crippen molar-refractivity contribution in [3.8, 4) is 0 Å². The molecule has 2 aromatic rings. The van der Waals surface area contributed by atoms with Crippen molar-refractivity contribution in [2.24, 2.45) is 5.92 Å². The van der Waals surface area contributed by atoms with Crippen LogP contribution in [-0.4, -0.2) is 39.6 Å². The molecule has 23 heavy (non-hydrogen) atoms. The average Bonchev–Trinajstić information content (AvgIpc) is 3.27. The lowest BCUT2D eigenvalue weighted by Crippen LogP contribution is -2.33. The summed E-state index contributed by atoms with van der Waals surface area (Å²) in [5.74, 6) is 0.402. The van der Waals surface area contributed by atoms with Gasteiger partial charge in [-0.2, -0.15) is 5.10 Å². The molecule has 0 radical (unpaired) electrons. The van der Waals surface area contributed by atoms with E-state index in [1.807, 2.05) is 23.0 Å². The third kappa shape index (κ3) is 4.00. The molecule has 7 nitrogen and oxygen atoms in total. The normalized spacial score (nSPS) is 17.7. The van der Waals surface area contributed by atoms with E-state index in [4.69, 9.17) is 4.42 Å². The molecule has 3 rings (SSSR count). The number of rotatable bonds is 7. The van der Waals surface area contributed by atoms with Crippen LogP contribution in [0.5, 0.6) is 0 Å². The number of furan rings is 1. The molecule has 0 aliphatic carbocycles. The van der Waals surface area contributed by atoms with Crippen LogP contribution in [0.2, 0.25) is 0 Å².